The minimum absolute atomic E-state index is 0.0706. The van der Waals surface area contributed by atoms with Gasteiger partial charge in [0.25, 0.3) is 7.82 Å². The largest absolute Gasteiger partial charge is 0.756 e. The van der Waals surface area contributed by atoms with Crippen molar-refractivity contribution in [2.45, 2.75) is 232 Å². The lowest BCUT2D eigenvalue weighted by atomic mass is 9.94. The Morgan fingerprint density at radius 3 is 1.43 bits per heavy atom. The maximum Gasteiger partial charge on any atom is 0.306 e. The zero-order valence-corrected chi connectivity index (χ0v) is 45.7. The number of unbranched alkanes of at least 4 members (excludes halogenated alkanes) is 28. The fourth-order valence-electron chi connectivity index (χ4n) is 9.79. The van der Waals surface area contributed by atoms with E-state index in [0.29, 0.717) is 29.6 Å². The standard InChI is InChI=1S/C60H96NO8P/c1-6-8-10-11-12-13-14-15-16-17-18-19-20-21-22-23-24-25-26-27-28-29-30-31-32-33-35-40-57(63)69-60(54(62)39-34-9-7-2)56(49-67-70(64,65)66-48-47-61(3,4)5)68-55-46-44-52-42-41-50-37-36-38-51-43-45-53(55)59(52)58(50)51/h36-38,41-46,56,60H,6-35,39-40,47-49H2,1-5H3. The van der Waals surface area contributed by atoms with Crippen molar-refractivity contribution in [3.05, 3.63) is 54.6 Å². The highest BCUT2D eigenvalue weighted by Crippen LogP contribution is 2.41. The summed E-state index contributed by atoms with van der Waals surface area (Å²) in [5, 5.41) is 6.11. The van der Waals surface area contributed by atoms with Crippen LogP contribution in [0.2, 0.25) is 0 Å². The summed E-state index contributed by atoms with van der Waals surface area (Å²) in [6.07, 6.45) is 35.8. The third kappa shape index (κ3) is 23.6. The first-order valence-corrected chi connectivity index (χ1v) is 29.8. The zero-order chi connectivity index (χ0) is 50.3. The molecule has 0 aliphatic rings. The van der Waals surface area contributed by atoms with E-state index >= 15 is 0 Å². The van der Waals surface area contributed by atoms with Gasteiger partial charge in [-0.25, -0.2) is 0 Å². The number of carbonyl (C=O) groups excluding carboxylic acids is 2. The van der Waals surface area contributed by atoms with Crippen molar-refractivity contribution in [3.8, 4) is 5.75 Å². The molecule has 394 valence electrons. The molecule has 4 aromatic carbocycles. The van der Waals surface area contributed by atoms with E-state index in [-0.39, 0.29) is 25.2 Å². The Bertz CT molecular complexity index is 2050. The molecule has 70 heavy (non-hydrogen) atoms. The molecule has 10 heteroatoms. The highest BCUT2D eigenvalue weighted by molar-refractivity contribution is 7.45. The van der Waals surface area contributed by atoms with E-state index in [0.717, 1.165) is 64.4 Å². The van der Waals surface area contributed by atoms with Gasteiger partial charge < -0.3 is 27.9 Å². The van der Waals surface area contributed by atoms with Crippen molar-refractivity contribution in [3.63, 3.8) is 0 Å². The van der Waals surface area contributed by atoms with Crippen molar-refractivity contribution in [1.82, 2.24) is 0 Å². The molecule has 0 aliphatic carbocycles. The Morgan fingerprint density at radius 1 is 0.529 bits per heavy atom. The number of Topliss-reactive ketones (excluding diaryl/α,β-unsaturated/α-hetero) is 1. The van der Waals surface area contributed by atoms with Gasteiger partial charge in [-0.15, -0.1) is 0 Å². The van der Waals surface area contributed by atoms with Crippen molar-refractivity contribution >= 4 is 51.9 Å². The molecule has 0 heterocycles. The number of ketones is 1. The molecule has 0 fully saturated rings. The first kappa shape index (κ1) is 59.5. The van der Waals surface area contributed by atoms with Crippen molar-refractivity contribution in [1.29, 1.82) is 0 Å². The van der Waals surface area contributed by atoms with Crippen LogP contribution >= 0.6 is 7.82 Å². The van der Waals surface area contributed by atoms with Crippen LogP contribution in [0.5, 0.6) is 5.75 Å². The van der Waals surface area contributed by atoms with Crippen molar-refractivity contribution in [2.75, 3.05) is 40.9 Å². The second-order valence-electron chi connectivity index (χ2n) is 21.4. The molecule has 4 rings (SSSR count). The summed E-state index contributed by atoms with van der Waals surface area (Å²) in [6.45, 7) is 4.15. The highest BCUT2D eigenvalue weighted by Gasteiger charge is 2.35. The number of carbonyl (C=O) groups is 2. The predicted molar refractivity (Wildman–Crippen MR) is 291 cm³/mol. The van der Waals surface area contributed by atoms with E-state index in [9.17, 15) is 19.0 Å². The lowest BCUT2D eigenvalue weighted by Gasteiger charge is -2.31. The Labute approximate surface area is 425 Å². The molecule has 0 saturated carbocycles. The summed E-state index contributed by atoms with van der Waals surface area (Å²) in [5.74, 6) is -0.374. The minimum Gasteiger partial charge on any atom is -0.756 e. The maximum absolute atomic E-state index is 14.0. The monoisotopic (exact) mass is 990 g/mol. The number of phosphoric ester groups is 1. The van der Waals surface area contributed by atoms with Gasteiger partial charge in [0.1, 0.15) is 18.9 Å². The topological polar surface area (TPSA) is 111 Å². The van der Waals surface area contributed by atoms with E-state index in [2.05, 4.69) is 38.1 Å². The fourth-order valence-corrected chi connectivity index (χ4v) is 10.5. The van der Waals surface area contributed by atoms with Gasteiger partial charge in [0.15, 0.2) is 18.0 Å². The fraction of sp³-hybridized carbons (Fsp3) is 0.700. The molecule has 4 aromatic rings. The second-order valence-corrected chi connectivity index (χ2v) is 22.9. The van der Waals surface area contributed by atoms with Gasteiger partial charge in [-0.05, 0) is 46.5 Å². The number of phosphoric acid groups is 1. The summed E-state index contributed by atoms with van der Waals surface area (Å²) in [7, 11) is 1.01. The second kappa shape index (κ2) is 34.4. The number of nitrogens with zero attached hydrogens (tertiary/aromatic N) is 1. The number of esters is 1. The number of benzene rings is 4. The van der Waals surface area contributed by atoms with Gasteiger partial charge in [0.05, 0.1) is 27.7 Å². The minimum atomic E-state index is -4.81. The lowest BCUT2D eigenvalue weighted by molar-refractivity contribution is -0.870. The number of likely N-dealkylation sites (N-methyl/N-ethyl adjacent to an activating group) is 1. The smallest absolute Gasteiger partial charge is 0.306 e. The molecule has 0 amide bonds. The summed E-state index contributed by atoms with van der Waals surface area (Å²) in [4.78, 5) is 40.7. The molecular formula is C60H96NO8P. The van der Waals surface area contributed by atoms with Crippen LogP contribution in [0.4, 0.5) is 0 Å². The molecule has 0 N–H and O–H groups in total. The van der Waals surface area contributed by atoms with Crippen LogP contribution < -0.4 is 9.63 Å². The molecule has 0 saturated heterocycles. The van der Waals surface area contributed by atoms with Crippen LogP contribution in [-0.4, -0.2) is 69.3 Å². The Balaban J connectivity index is 1.17. The van der Waals surface area contributed by atoms with Crippen molar-refractivity contribution in [2.24, 2.45) is 0 Å². The van der Waals surface area contributed by atoms with Gasteiger partial charge >= 0.3 is 5.97 Å². The van der Waals surface area contributed by atoms with Crippen LogP contribution in [0.1, 0.15) is 219 Å². The molecule has 3 atom stereocenters. The highest BCUT2D eigenvalue weighted by atomic mass is 31.2. The van der Waals surface area contributed by atoms with E-state index in [1.807, 2.05) is 51.5 Å². The van der Waals surface area contributed by atoms with Crippen LogP contribution in [0.15, 0.2) is 54.6 Å². The van der Waals surface area contributed by atoms with Gasteiger partial charge in [-0.1, -0.05) is 236 Å². The van der Waals surface area contributed by atoms with Crippen LogP contribution in [0.25, 0.3) is 32.3 Å². The molecule has 0 aromatic heterocycles. The summed E-state index contributed by atoms with van der Waals surface area (Å²) >= 11 is 0. The van der Waals surface area contributed by atoms with Gasteiger partial charge in [0.2, 0.25) is 0 Å². The number of ether oxygens (including phenoxy) is 2. The molecule has 9 nitrogen and oxygen atoms in total. The zero-order valence-electron chi connectivity index (χ0n) is 44.8. The van der Waals surface area contributed by atoms with Gasteiger partial charge in [-0.2, -0.15) is 0 Å². The average Bonchev–Trinajstić information content (AvgIpc) is 3.33. The van der Waals surface area contributed by atoms with E-state index in [4.69, 9.17) is 18.5 Å². The third-order valence-corrected chi connectivity index (χ3v) is 15.1. The molecule has 3 unspecified atom stereocenters. The van der Waals surface area contributed by atoms with E-state index < -0.39 is 32.6 Å². The Hall–Kier alpha value is -3.07. The average molecular weight is 990 g/mol. The third-order valence-electron chi connectivity index (χ3n) is 14.1. The number of hydrogen-bond acceptors (Lipinski definition) is 8. The summed E-state index contributed by atoms with van der Waals surface area (Å²) in [6, 6.07) is 18.2. The van der Waals surface area contributed by atoms with E-state index in [1.54, 1.807) is 0 Å². The normalized spacial score (nSPS) is 13.9. The molecule has 0 aliphatic heterocycles. The predicted octanol–water partition coefficient (Wildman–Crippen LogP) is 16.5. The summed E-state index contributed by atoms with van der Waals surface area (Å²) < 4.78 is 37.0. The van der Waals surface area contributed by atoms with E-state index in [1.165, 1.54) is 148 Å². The first-order valence-electron chi connectivity index (χ1n) is 28.4. The number of quaternary nitrogens is 1. The van der Waals surface area contributed by atoms with Crippen LogP contribution in [0, 0.1) is 0 Å². The van der Waals surface area contributed by atoms with Crippen molar-refractivity contribution < 1.29 is 42.1 Å². The molecular weight excluding hydrogens is 894 g/mol. The molecule has 0 radical (unpaired) electrons. The maximum atomic E-state index is 14.0. The quantitative estimate of drug-likeness (QED) is 0.0142. The summed E-state index contributed by atoms with van der Waals surface area (Å²) in [5.41, 5.74) is 0. The van der Waals surface area contributed by atoms with Gasteiger partial charge in [-0.3, -0.25) is 14.2 Å². The first-order chi connectivity index (χ1) is 33.9. The number of hydrogen-bond donors (Lipinski definition) is 0. The lowest BCUT2D eigenvalue weighted by Crippen LogP contribution is -2.45. The Morgan fingerprint density at radius 2 is 0.943 bits per heavy atom. The number of rotatable bonds is 44. The molecule has 0 spiro atoms. The SMILES string of the molecule is CCCCCCCCCCCCCCCCCCCCCCCCCCCCCC(=O)OC(C(=O)CCCCC)C(COP(=O)([O-])OCC[N+](C)(C)C)Oc1ccc2ccc3cccc4ccc1c2c34. The Kier molecular flexibility index (Phi) is 29.2. The van der Waals surface area contributed by atoms with Gasteiger partial charge in [0, 0.05) is 23.6 Å². The van der Waals surface area contributed by atoms with Crippen LogP contribution in [-0.2, 0) is 27.9 Å². The van der Waals surface area contributed by atoms with Crippen LogP contribution in [0.3, 0.4) is 0 Å². The molecule has 0 bridgehead atoms.